The number of benzene rings is 1. The molecule has 5 N–H and O–H groups in total. The van der Waals surface area contributed by atoms with Crippen molar-refractivity contribution in [1.82, 2.24) is 0 Å². The molecule has 0 fully saturated rings. The number of nitrogen functional groups attached to an aromatic ring is 1. The summed E-state index contributed by atoms with van der Waals surface area (Å²) >= 11 is 0. The standard InChI is InChI=1S/C10H17N3O3S2/c1-7(17(2)14)6-13-10-5-8(18(12,15)16)3-4-9(10)11/h3-5,7,13H,6,11H2,1-2H3,(H2,12,15,16). The van der Waals surface area contributed by atoms with Gasteiger partial charge in [0.1, 0.15) is 0 Å². The van der Waals surface area contributed by atoms with Gasteiger partial charge in [0.05, 0.1) is 16.3 Å². The second kappa shape index (κ2) is 5.68. The lowest BCUT2D eigenvalue weighted by atomic mass is 10.2. The molecular weight excluding hydrogens is 274 g/mol. The van der Waals surface area contributed by atoms with E-state index in [9.17, 15) is 12.6 Å². The van der Waals surface area contributed by atoms with Crippen LogP contribution in [0, 0.1) is 0 Å². The van der Waals surface area contributed by atoms with Gasteiger partial charge in [0, 0.05) is 28.9 Å². The van der Waals surface area contributed by atoms with Gasteiger partial charge in [-0.25, -0.2) is 13.6 Å². The highest BCUT2D eigenvalue weighted by molar-refractivity contribution is 7.89. The first kappa shape index (κ1) is 14.9. The van der Waals surface area contributed by atoms with Gasteiger partial charge in [-0.2, -0.15) is 0 Å². The third-order valence-corrected chi connectivity index (χ3v) is 4.71. The van der Waals surface area contributed by atoms with Crippen molar-refractivity contribution < 1.29 is 12.6 Å². The molecule has 8 heteroatoms. The number of hydrogen-bond donors (Lipinski definition) is 3. The number of nitrogens with one attached hydrogen (secondary N) is 1. The maximum absolute atomic E-state index is 11.2. The lowest BCUT2D eigenvalue weighted by Gasteiger charge is -2.13. The molecule has 1 aromatic rings. The van der Waals surface area contributed by atoms with Crippen LogP contribution in [0.4, 0.5) is 11.4 Å². The third-order valence-electron chi connectivity index (χ3n) is 2.50. The fourth-order valence-corrected chi connectivity index (χ4v) is 2.09. The molecular formula is C10H17N3O3S2. The van der Waals surface area contributed by atoms with E-state index in [1.54, 1.807) is 6.26 Å². The summed E-state index contributed by atoms with van der Waals surface area (Å²) in [5, 5.41) is 7.94. The first-order valence-corrected chi connectivity index (χ1v) is 8.37. The number of hydrogen-bond acceptors (Lipinski definition) is 5. The minimum absolute atomic E-state index is 0.00975. The van der Waals surface area contributed by atoms with Crippen LogP contribution in [0.25, 0.3) is 0 Å². The summed E-state index contributed by atoms with van der Waals surface area (Å²) in [5.41, 5.74) is 6.61. The van der Waals surface area contributed by atoms with Crippen molar-refractivity contribution in [2.75, 3.05) is 23.9 Å². The van der Waals surface area contributed by atoms with Gasteiger partial charge in [-0.1, -0.05) is 0 Å². The van der Waals surface area contributed by atoms with Crippen LogP contribution in [-0.2, 0) is 20.8 Å². The van der Waals surface area contributed by atoms with Crippen molar-refractivity contribution in [1.29, 1.82) is 0 Å². The lowest BCUT2D eigenvalue weighted by Crippen LogP contribution is -2.21. The summed E-state index contributed by atoms with van der Waals surface area (Å²) in [6.07, 6.45) is 1.61. The SMILES string of the molecule is CC(CNc1cc(S(N)(=O)=O)ccc1N)S(C)=O. The van der Waals surface area contributed by atoms with Gasteiger partial charge in [-0.3, -0.25) is 4.21 Å². The Morgan fingerprint density at radius 1 is 1.44 bits per heavy atom. The predicted molar refractivity (Wildman–Crippen MR) is 74.2 cm³/mol. The maximum Gasteiger partial charge on any atom is 0.238 e. The Hall–Kier alpha value is -1.12. The molecule has 0 amide bonds. The molecule has 102 valence electrons. The molecule has 18 heavy (non-hydrogen) atoms. The molecule has 0 aliphatic rings. The van der Waals surface area contributed by atoms with Gasteiger partial charge in [0.2, 0.25) is 10.0 Å². The summed E-state index contributed by atoms with van der Waals surface area (Å²) in [6, 6.07) is 4.18. The van der Waals surface area contributed by atoms with E-state index >= 15 is 0 Å². The average molecular weight is 291 g/mol. The maximum atomic E-state index is 11.2. The Kier molecular flexibility index (Phi) is 4.71. The predicted octanol–water partition coefficient (Wildman–Crippen LogP) is 0.0951. The molecule has 2 atom stereocenters. The van der Waals surface area contributed by atoms with Crippen LogP contribution in [-0.4, -0.2) is 30.7 Å². The van der Waals surface area contributed by atoms with Gasteiger partial charge in [-0.05, 0) is 25.1 Å². The van der Waals surface area contributed by atoms with Crippen molar-refractivity contribution in [3.63, 3.8) is 0 Å². The highest BCUT2D eigenvalue weighted by atomic mass is 32.2. The Labute approximate surface area is 109 Å². The van der Waals surface area contributed by atoms with Crippen LogP contribution in [0.5, 0.6) is 0 Å². The molecule has 1 aromatic carbocycles. The van der Waals surface area contributed by atoms with E-state index in [1.165, 1.54) is 18.2 Å². The van der Waals surface area contributed by atoms with E-state index in [0.717, 1.165) is 0 Å². The van der Waals surface area contributed by atoms with Crippen molar-refractivity contribution in [2.45, 2.75) is 17.1 Å². The topological polar surface area (TPSA) is 115 Å². The van der Waals surface area contributed by atoms with E-state index in [1.807, 2.05) is 6.92 Å². The van der Waals surface area contributed by atoms with Gasteiger partial charge in [0.25, 0.3) is 0 Å². The molecule has 6 nitrogen and oxygen atoms in total. The Morgan fingerprint density at radius 3 is 2.56 bits per heavy atom. The van der Waals surface area contributed by atoms with E-state index in [2.05, 4.69) is 5.32 Å². The molecule has 0 saturated carbocycles. The van der Waals surface area contributed by atoms with E-state index in [0.29, 0.717) is 17.9 Å². The minimum atomic E-state index is -3.75. The molecule has 0 saturated heterocycles. The Balaban J connectivity index is 2.92. The summed E-state index contributed by atoms with van der Waals surface area (Å²) in [4.78, 5) is -0.00975. The fourth-order valence-electron chi connectivity index (χ4n) is 1.24. The zero-order valence-corrected chi connectivity index (χ0v) is 11.8. The fraction of sp³-hybridized carbons (Fsp3) is 0.400. The first-order valence-electron chi connectivity index (χ1n) is 5.20. The highest BCUT2D eigenvalue weighted by Gasteiger charge is 2.11. The molecule has 1 rings (SSSR count). The lowest BCUT2D eigenvalue weighted by molar-refractivity contribution is 0.598. The monoisotopic (exact) mass is 291 g/mol. The Bertz CT molecular complexity index is 557. The summed E-state index contributed by atoms with van der Waals surface area (Å²) in [5.74, 6) is 0. The third kappa shape index (κ3) is 3.97. The van der Waals surface area contributed by atoms with Crippen LogP contribution in [0.3, 0.4) is 0 Å². The Morgan fingerprint density at radius 2 is 2.06 bits per heavy atom. The number of rotatable bonds is 5. The molecule has 0 aliphatic heterocycles. The molecule has 0 bridgehead atoms. The largest absolute Gasteiger partial charge is 0.397 e. The minimum Gasteiger partial charge on any atom is -0.397 e. The van der Waals surface area contributed by atoms with Crippen LogP contribution < -0.4 is 16.2 Å². The second-order valence-electron chi connectivity index (χ2n) is 3.98. The van der Waals surface area contributed by atoms with E-state index < -0.39 is 20.8 Å². The van der Waals surface area contributed by atoms with E-state index in [-0.39, 0.29) is 10.1 Å². The van der Waals surface area contributed by atoms with Gasteiger partial charge < -0.3 is 11.1 Å². The number of sulfonamides is 1. The van der Waals surface area contributed by atoms with Crippen molar-refractivity contribution in [2.24, 2.45) is 5.14 Å². The average Bonchev–Trinajstić information content (AvgIpc) is 2.25. The normalized spacial score (nSPS) is 15.1. The number of nitrogens with two attached hydrogens (primary N) is 2. The van der Waals surface area contributed by atoms with Crippen LogP contribution >= 0.6 is 0 Å². The summed E-state index contributed by atoms with van der Waals surface area (Å²) in [6.45, 7) is 2.25. The smallest absolute Gasteiger partial charge is 0.238 e. The van der Waals surface area contributed by atoms with Crippen LogP contribution in [0.1, 0.15) is 6.92 Å². The van der Waals surface area contributed by atoms with Gasteiger partial charge >= 0.3 is 0 Å². The van der Waals surface area contributed by atoms with Gasteiger partial charge in [0.15, 0.2) is 0 Å². The van der Waals surface area contributed by atoms with Crippen molar-refractivity contribution >= 4 is 32.2 Å². The van der Waals surface area contributed by atoms with Crippen molar-refractivity contribution in [3.8, 4) is 0 Å². The summed E-state index contributed by atoms with van der Waals surface area (Å²) < 4.78 is 33.6. The summed E-state index contributed by atoms with van der Waals surface area (Å²) in [7, 11) is -4.71. The number of primary sulfonamides is 1. The molecule has 0 heterocycles. The van der Waals surface area contributed by atoms with Gasteiger partial charge in [-0.15, -0.1) is 0 Å². The second-order valence-corrected chi connectivity index (χ2v) is 7.35. The van der Waals surface area contributed by atoms with Crippen molar-refractivity contribution in [3.05, 3.63) is 18.2 Å². The first-order chi connectivity index (χ1) is 8.21. The molecule has 0 aliphatic carbocycles. The zero-order chi connectivity index (χ0) is 13.9. The highest BCUT2D eigenvalue weighted by Crippen LogP contribution is 2.22. The zero-order valence-electron chi connectivity index (χ0n) is 10.2. The molecule has 0 spiro atoms. The van der Waals surface area contributed by atoms with E-state index in [4.69, 9.17) is 10.9 Å². The molecule has 2 unspecified atom stereocenters. The molecule has 0 aromatic heterocycles. The number of anilines is 2. The molecule has 0 radical (unpaired) electrons. The van der Waals surface area contributed by atoms with Crippen LogP contribution in [0.15, 0.2) is 23.1 Å². The quantitative estimate of drug-likeness (QED) is 0.665. The van der Waals surface area contributed by atoms with Crippen LogP contribution in [0.2, 0.25) is 0 Å².